The third-order valence-electron chi connectivity index (χ3n) is 3.87. The number of amides is 1. The highest BCUT2D eigenvalue weighted by molar-refractivity contribution is 5.91. The highest BCUT2D eigenvalue weighted by atomic mass is 16.4. The predicted octanol–water partition coefficient (Wildman–Crippen LogP) is 1.64. The van der Waals surface area contributed by atoms with Crippen LogP contribution in [0.5, 0.6) is 0 Å². The molecule has 16 heavy (non-hydrogen) atoms. The van der Waals surface area contributed by atoms with Crippen LogP contribution in [0.1, 0.15) is 46.5 Å². The van der Waals surface area contributed by atoms with Crippen molar-refractivity contribution in [2.45, 2.75) is 58.0 Å². The monoisotopic (exact) mass is 225 g/mol. The number of carboxylic acids is 1. The molecule has 0 radical (unpaired) electrons. The van der Waals surface area contributed by atoms with Gasteiger partial charge in [-0.2, -0.15) is 0 Å². The van der Waals surface area contributed by atoms with E-state index in [0.717, 1.165) is 12.8 Å². The summed E-state index contributed by atoms with van der Waals surface area (Å²) < 4.78 is 0. The molecule has 0 aromatic rings. The Kier molecular flexibility index (Phi) is 2.30. The van der Waals surface area contributed by atoms with Crippen LogP contribution in [0.15, 0.2) is 0 Å². The number of carbonyl (C=O) groups is 2. The molecule has 2 aliphatic rings. The molecule has 2 rings (SSSR count). The second-order valence-corrected chi connectivity index (χ2v) is 5.99. The number of aliphatic carboxylic acids is 1. The van der Waals surface area contributed by atoms with E-state index < -0.39 is 16.9 Å². The Morgan fingerprint density at radius 1 is 1.25 bits per heavy atom. The molecule has 0 saturated carbocycles. The van der Waals surface area contributed by atoms with Gasteiger partial charge in [0, 0.05) is 11.5 Å². The second-order valence-electron chi connectivity index (χ2n) is 5.99. The second kappa shape index (κ2) is 3.22. The Labute approximate surface area is 95.6 Å². The van der Waals surface area contributed by atoms with Crippen LogP contribution in [-0.2, 0) is 9.59 Å². The quantitative estimate of drug-likeness (QED) is 0.738. The van der Waals surface area contributed by atoms with E-state index in [9.17, 15) is 14.7 Å². The number of hydrogen-bond donors (Lipinski definition) is 1. The van der Waals surface area contributed by atoms with Crippen LogP contribution < -0.4 is 0 Å². The maximum atomic E-state index is 12.3. The van der Waals surface area contributed by atoms with E-state index >= 15 is 0 Å². The lowest BCUT2D eigenvalue weighted by molar-refractivity contribution is -0.158. The minimum absolute atomic E-state index is 0.0186. The normalized spacial score (nSPS) is 33.2. The van der Waals surface area contributed by atoms with Gasteiger partial charge in [-0.25, -0.2) is 4.79 Å². The highest BCUT2D eigenvalue weighted by Gasteiger charge is 2.59. The molecule has 1 N–H and O–H groups in total. The molecule has 2 saturated heterocycles. The smallest absolute Gasteiger partial charge is 0.329 e. The summed E-state index contributed by atoms with van der Waals surface area (Å²) in [6.07, 6.45) is 2.92. The summed E-state index contributed by atoms with van der Waals surface area (Å²) >= 11 is 0. The van der Waals surface area contributed by atoms with Crippen LogP contribution >= 0.6 is 0 Å². The molecule has 1 amide bonds. The summed E-state index contributed by atoms with van der Waals surface area (Å²) in [7, 11) is 0. The van der Waals surface area contributed by atoms with Crippen LogP contribution in [0.2, 0.25) is 0 Å². The van der Waals surface area contributed by atoms with Crippen LogP contribution in [0.3, 0.4) is 0 Å². The first kappa shape index (κ1) is 11.4. The van der Waals surface area contributed by atoms with Crippen molar-refractivity contribution in [3.63, 3.8) is 0 Å². The van der Waals surface area contributed by atoms with Gasteiger partial charge < -0.3 is 10.0 Å². The Morgan fingerprint density at radius 2 is 1.75 bits per heavy atom. The third kappa shape index (κ3) is 1.35. The molecule has 2 bridgehead atoms. The van der Waals surface area contributed by atoms with Crippen molar-refractivity contribution in [3.05, 3.63) is 0 Å². The van der Waals surface area contributed by atoms with E-state index in [1.54, 1.807) is 4.90 Å². The van der Waals surface area contributed by atoms with Crippen molar-refractivity contribution in [3.8, 4) is 0 Å². The first-order chi connectivity index (χ1) is 7.29. The van der Waals surface area contributed by atoms with Gasteiger partial charge >= 0.3 is 5.97 Å². The molecule has 90 valence electrons. The molecule has 0 aromatic carbocycles. The molecular formula is C12H19NO3. The fraction of sp³-hybridized carbons (Fsp3) is 0.833. The van der Waals surface area contributed by atoms with Gasteiger partial charge in [-0.1, -0.05) is 20.8 Å². The van der Waals surface area contributed by atoms with E-state index in [1.807, 2.05) is 20.8 Å². The number of hydrogen-bond acceptors (Lipinski definition) is 2. The van der Waals surface area contributed by atoms with Crippen LogP contribution in [0, 0.1) is 5.41 Å². The molecule has 4 heteroatoms. The lowest BCUT2D eigenvalue weighted by Gasteiger charge is -2.35. The van der Waals surface area contributed by atoms with E-state index in [2.05, 4.69) is 0 Å². The van der Waals surface area contributed by atoms with E-state index in [0.29, 0.717) is 12.8 Å². The number of carbonyl (C=O) groups excluding carboxylic acids is 1. The van der Waals surface area contributed by atoms with Gasteiger partial charge in [0.05, 0.1) is 0 Å². The van der Waals surface area contributed by atoms with Gasteiger partial charge in [0.2, 0.25) is 5.91 Å². The number of carboxylic acid groups (broad SMARTS) is 1. The zero-order valence-corrected chi connectivity index (χ0v) is 10.1. The first-order valence-corrected chi connectivity index (χ1v) is 5.86. The van der Waals surface area contributed by atoms with Gasteiger partial charge in [0.15, 0.2) is 0 Å². The SMILES string of the molecule is CC(C)(C)C(=O)N1C2CCC1(C(=O)O)CC2. The molecule has 2 fully saturated rings. The van der Waals surface area contributed by atoms with Crippen molar-refractivity contribution in [2.75, 3.05) is 0 Å². The van der Waals surface area contributed by atoms with Gasteiger partial charge in [0.1, 0.15) is 5.54 Å². The molecule has 0 aliphatic carbocycles. The minimum Gasteiger partial charge on any atom is -0.479 e. The Bertz CT molecular complexity index is 335. The maximum absolute atomic E-state index is 12.3. The molecule has 2 aliphatic heterocycles. The van der Waals surface area contributed by atoms with Crippen molar-refractivity contribution in [1.29, 1.82) is 0 Å². The molecule has 0 unspecified atom stereocenters. The zero-order chi connectivity index (χ0) is 12.1. The van der Waals surface area contributed by atoms with Gasteiger partial charge in [0.25, 0.3) is 0 Å². The summed E-state index contributed by atoms with van der Waals surface area (Å²) in [5.41, 5.74) is -1.39. The Morgan fingerprint density at radius 3 is 2.12 bits per heavy atom. The fourth-order valence-electron chi connectivity index (χ4n) is 2.97. The summed E-state index contributed by atoms with van der Waals surface area (Å²) in [5, 5.41) is 9.38. The van der Waals surface area contributed by atoms with E-state index in [4.69, 9.17) is 0 Å². The standard InChI is InChI=1S/C12H19NO3/c1-11(2,3)9(14)13-8-4-6-12(13,7-5-8)10(15)16/h8H,4-7H2,1-3H3,(H,15,16). The molecule has 2 heterocycles. The van der Waals surface area contributed by atoms with E-state index in [-0.39, 0.29) is 11.9 Å². The summed E-state index contributed by atoms with van der Waals surface area (Å²) in [5.74, 6) is -0.847. The average molecular weight is 225 g/mol. The lowest BCUT2D eigenvalue weighted by Crippen LogP contribution is -2.53. The minimum atomic E-state index is -0.894. The largest absolute Gasteiger partial charge is 0.479 e. The maximum Gasteiger partial charge on any atom is 0.329 e. The zero-order valence-electron chi connectivity index (χ0n) is 10.1. The molecule has 4 nitrogen and oxygen atoms in total. The van der Waals surface area contributed by atoms with Crippen LogP contribution in [-0.4, -0.2) is 33.5 Å². The Balaban J connectivity index is 2.35. The third-order valence-corrected chi connectivity index (χ3v) is 3.87. The van der Waals surface area contributed by atoms with Gasteiger partial charge in [-0.15, -0.1) is 0 Å². The number of rotatable bonds is 1. The van der Waals surface area contributed by atoms with Crippen LogP contribution in [0.4, 0.5) is 0 Å². The molecule has 0 spiro atoms. The highest BCUT2D eigenvalue weighted by Crippen LogP contribution is 2.48. The molecule has 0 atom stereocenters. The van der Waals surface area contributed by atoms with Gasteiger partial charge in [-0.3, -0.25) is 4.79 Å². The number of nitrogens with zero attached hydrogens (tertiary/aromatic N) is 1. The van der Waals surface area contributed by atoms with Crippen molar-refractivity contribution in [1.82, 2.24) is 4.90 Å². The topological polar surface area (TPSA) is 57.6 Å². The Hall–Kier alpha value is -1.06. The van der Waals surface area contributed by atoms with Crippen LogP contribution in [0.25, 0.3) is 0 Å². The summed E-state index contributed by atoms with van der Waals surface area (Å²) in [4.78, 5) is 25.4. The summed E-state index contributed by atoms with van der Waals surface area (Å²) in [6.45, 7) is 5.55. The predicted molar refractivity (Wildman–Crippen MR) is 58.9 cm³/mol. The first-order valence-electron chi connectivity index (χ1n) is 5.86. The van der Waals surface area contributed by atoms with E-state index in [1.165, 1.54) is 0 Å². The van der Waals surface area contributed by atoms with Crippen molar-refractivity contribution >= 4 is 11.9 Å². The lowest BCUT2D eigenvalue weighted by atomic mass is 9.87. The fourth-order valence-corrected chi connectivity index (χ4v) is 2.97. The molecular weight excluding hydrogens is 206 g/mol. The van der Waals surface area contributed by atoms with Gasteiger partial charge in [-0.05, 0) is 25.7 Å². The van der Waals surface area contributed by atoms with Crippen molar-refractivity contribution < 1.29 is 14.7 Å². The van der Waals surface area contributed by atoms with Crippen molar-refractivity contribution in [2.24, 2.45) is 5.41 Å². The number of fused-ring (bicyclic) bond motifs is 2. The average Bonchev–Trinajstić information content (AvgIpc) is 2.70. The summed E-state index contributed by atoms with van der Waals surface area (Å²) in [6, 6.07) is 0.155. The molecule has 0 aromatic heterocycles.